The van der Waals surface area contributed by atoms with Gasteiger partial charge in [-0.2, -0.15) is 20.2 Å². The summed E-state index contributed by atoms with van der Waals surface area (Å²) in [5.41, 5.74) is 9.21. The number of hydrogen-bond acceptors (Lipinski definition) is 17. The van der Waals surface area contributed by atoms with Gasteiger partial charge in [0.15, 0.2) is 22.8 Å². The average molecular weight is 1150 g/mol. The molecular weight excluding hydrogens is 1080 g/mol. The molecule has 0 bridgehead atoms. The van der Waals surface area contributed by atoms with Gasteiger partial charge in [0.1, 0.15) is 35.8 Å². The van der Waals surface area contributed by atoms with Gasteiger partial charge in [0.25, 0.3) is 11.8 Å². The van der Waals surface area contributed by atoms with Gasteiger partial charge < -0.3 is 44.5 Å². The summed E-state index contributed by atoms with van der Waals surface area (Å²) < 4.78 is 57.8. The fraction of sp³-hybridized carbons (Fsp3) is 0.414. The molecule has 6 aromatic heterocycles. The number of hydrogen-bond donors (Lipinski definition) is 3. The van der Waals surface area contributed by atoms with E-state index in [1.54, 1.807) is 42.9 Å². The first-order valence-corrected chi connectivity index (χ1v) is 35.4. The number of amides is 2. The number of furan rings is 2. The number of carbonyl (C=O) groups is 2. The lowest BCUT2D eigenvalue weighted by Gasteiger charge is -2.38. The number of imide groups is 1. The Labute approximate surface area is 475 Å². The van der Waals surface area contributed by atoms with E-state index in [-0.39, 0.29) is 25.9 Å². The van der Waals surface area contributed by atoms with Gasteiger partial charge in [-0.1, -0.05) is 51.4 Å². The molecule has 2 fully saturated rings. The van der Waals surface area contributed by atoms with Gasteiger partial charge in [-0.25, -0.2) is 28.1 Å². The Morgan fingerprint density at radius 1 is 0.610 bits per heavy atom. The van der Waals surface area contributed by atoms with Gasteiger partial charge in [-0.15, -0.1) is 0 Å². The second-order valence-electron chi connectivity index (χ2n) is 24.0. The van der Waals surface area contributed by atoms with Crippen molar-refractivity contribution < 1.29 is 36.7 Å². The molecule has 3 aliphatic heterocycles. The highest BCUT2D eigenvalue weighted by Gasteiger charge is 2.44. The van der Waals surface area contributed by atoms with Crippen LogP contribution in [0.1, 0.15) is 46.4 Å². The van der Waals surface area contributed by atoms with Crippen molar-refractivity contribution in [1.82, 2.24) is 44.4 Å². The summed E-state index contributed by atoms with van der Waals surface area (Å²) in [6, 6.07) is 24.3. The van der Waals surface area contributed by atoms with E-state index < -0.39 is 39.3 Å². The summed E-state index contributed by atoms with van der Waals surface area (Å²) >= 11 is 0. The van der Waals surface area contributed by atoms with Crippen molar-refractivity contribution >= 4 is 107 Å². The maximum atomic E-state index is 16.1. The first kappa shape index (κ1) is 56.2. The second kappa shape index (κ2) is 23.0. The SMILES string of the molecule is C[Si](C)(C)CCOCn1ncc2ccc(Nc3nc(N4CCC(F)(CN)CC4)c4occc4n3)cc21.C[Si](C)(C)CCOCn1ncc2ccc(Nc3nc(N4CCC(F)(CN5C(=O)c6ccccc6C5=O)CC4)c4occc4n3)cc21. The van der Waals surface area contributed by atoms with Crippen molar-refractivity contribution in [3.8, 4) is 0 Å². The van der Waals surface area contributed by atoms with Gasteiger partial charge in [0, 0.05) is 122 Å². The molecule has 0 unspecified atom stereocenters. The second-order valence-corrected chi connectivity index (χ2v) is 35.3. The summed E-state index contributed by atoms with van der Waals surface area (Å²) in [6.45, 7) is 17.7. The number of benzene rings is 3. The van der Waals surface area contributed by atoms with Gasteiger partial charge in [-0.3, -0.25) is 14.5 Å². The Bertz CT molecular complexity index is 3730. The third-order valence-electron chi connectivity index (χ3n) is 15.4. The Hall–Kier alpha value is -7.65. The molecule has 12 rings (SSSR count). The quantitative estimate of drug-likeness (QED) is 0.0389. The standard InChI is InChI=1S/C33H36FN7O4Si.C25H34FN7O2Si/c1-46(2,3)17-16-44-21-41-27-18-23(9-8-22(27)19-35-41)36-32-37-26-10-15-45-28(26)29(38-32)39-13-11-33(34,12-14-39)20-40-30(42)24-6-4-5-7-25(24)31(40)43;1-36(2,3)13-12-34-17-33-21-14-19(5-4-18(21)15-28-33)29-24-30-20-6-11-35-22(20)23(31-24)32-9-7-25(26,16-27)8-10-32/h4-10,15,18-19H,11-14,16-17,20-21H2,1-3H3,(H,36,37,38);4-6,11,14-15H,7-10,12-13,16-17,27H2,1-3H3,(H,29,30,31). The van der Waals surface area contributed by atoms with Crippen LogP contribution in [0.5, 0.6) is 0 Å². The van der Waals surface area contributed by atoms with Gasteiger partial charge in [0.2, 0.25) is 11.9 Å². The molecule has 9 aromatic rings. The maximum Gasteiger partial charge on any atom is 0.261 e. The number of ether oxygens (including phenoxy) is 2. The van der Waals surface area contributed by atoms with Crippen molar-refractivity contribution in [3.63, 3.8) is 0 Å². The van der Waals surface area contributed by atoms with E-state index in [1.165, 1.54) is 0 Å². The molecule has 9 heterocycles. The number of nitrogens with one attached hydrogen (secondary N) is 2. The van der Waals surface area contributed by atoms with Crippen LogP contribution in [0.25, 0.3) is 44.0 Å². The van der Waals surface area contributed by atoms with E-state index in [0.717, 1.165) is 56.8 Å². The number of alkyl halides is 2. The van der Waals surface area contributed by atoms with E-state index in [2.05, 4.69) is 70.1 Å². The normalized spacial score (nSPS) is 16.4. The summed E-state index contributed by atoms with van der Waals surface area (Å²) in [5.74, 6) is 1.16. The van der Waals surface area contributed by atoms with Crippen molar-refractivity contribution in [1.29, 1.82) is 0 Å². The first-order chi connectivity index (χ1) is 39.3. The fourth-order valence-electron chi connectivity index (χ4n) is 10.3. The zero-order valence-electron chi connectivity index (χ0n) is 47.3. The zero-order valence-corrected chi connectivity index (χ0v) is 49.3. The highest BCUT2D eigenvalue weighted by atomic mass is 28.3. The topological polar surface area (TPSA) is 226 Å². The van der Waals surface area contributed by atoms with E-state index in [1.807, 2.05) is 74.0 Å². The van der Waals surface area contributed by atoms with E-state index >= 15 is 4.39 Å². The van der Waals surface area contributed by atoms with Crippen molar-refractivity contribution in [2.24, 2.45) is 5.73 Å². The van der Waals surface area contributed by atoms with Gasteiger partial charge in [-0.05, 0) is 60.6 Å². The zero-order chi connectivity index (χ0) is 57.4. The maximum absolute atomic E-state index is 16.1. The lowest BCUT2D eigenvalue weighted by molar-refractivity contribution is 0.0430. The van der Waals surface area contributed by atoms with Crippen molar-refractivity contribution in [2.75, 3.05) is 72.9 Å². The molecule has 20 nitrogen and oxygen atoms in total. The van der Waals surface area contributed by atoms with Crippen molar-refractivity contribution in [2.45, 2.75) is 102 Å². The number of fused-ring (bicyclic) bond motifs is 5. The molecule has 2 saturated heterocycles. The monoisotopic (exact) mass is 1150 g/mol. The molecule has 4 N–H and O–H groups in total. The molecule has 3 aliphatic rings. The summed E-state index contributed by atoms with van der Waals surface area (Å²) in [5, 5.41) is 17.7. The molecule has 0 saturated carbocycles. The highest BCUT2D eigenvalue weighted by Crippen LogP contribution is 2.37. The third kappa shape index (κ3) is 12.5. The molecule has 0 spiro atoms. The van der Waals surface area contributed by atoms with Crippen LogP contribution in [0.4, 0.5) is 43.7 Å². The number of halogens is 2. The van der Waals surface area contributed by atoms with Crippen LogP contribution >= 0.6 is 0 Å². The van der Waals surface area contributed by atoms with Gasteiger partial charge in [0.05, 0.1) is 53.6 Å². The van der Waals surface area contributed by atoms with Crippen LogP contribution in [0.2, 0.25) is 51.4 Å². The Kier molecular flexibility index (Phi) is 15.7. The van der Waals surface area contributed by atoms with Crippen LogP contribution in [0.15, 0.2) is 107 Å². The number of carbonyl (C=O) groups excluding carboxylic acids is 2. The van der Waals surface area contributed by atoms with E-state index in [0.29, 0.717) is 116 Å². The van der Waals surface area contributed by atoms with Gasteiger partial charge >= 0.3 is 0 Å². The average Bonchev–Trinajstić information content (AvgIpc) is 4.44. The lowest BCUT2D eigenvalue weighted by Crippen LogP contribution is -2.50. The van der Waals surface area contributed by atoms with Crippen LogP contribution in [-0.4, -0.2) is 136 Å². The number of aromatic nitrogens is 8. The minimum atomic E-state index is -1.71. The van der Waals surface area contributed by atoms with Crippen LogP contribution in [0, 0.1) is 0 Å². The molecule has 430 valence electrons. The minimum Gasteiger partial charge on any atom is -0.459 e. The number of anilines is 6. The lowest BCUT2D eigenvalue weighted by atomic mass is 9.92. The smallest absolute Gasteiger partial charge is 0.261 e. The predicted molar refractivity (Wildman–Crippen MR) is 319 cm³/mol. The number of rotatable bonds is 19. The summed E-state index contributed by atoms with van der Waals surface area (Å²) in [4.78, 5) is 49.6. The fourth-order valence-corrected chi connectivity index (χ4v) is 11.8. The predicted octanol–water partition coefficient (Wildman–Crippen LogP) is 11.1. The van der Waals surface area contributed by atoms with E-state index in [9.17, 15) is 14.0 Å². The largest absolute Gasteiger partial charge is 0.459 e. The Morgan fingerprint density at radius 3 is 1.48 bits per heavy atom. The van der Waals surface area contributed by atoms with Crippen LogP contribution in [-0.2, 0) is 22.9 Å². The molecule has 3 aromatic carbocycles. The molecule has 0 atom stereocenters. The minimum absolute atomic E-state index is 0.0377. The van der Waals surface area contributed by atoms with Crippen LogP contribution in [0.3, 0.4) is 0 Å². The number of piperidine rings is 2. The molecule has 2 amide bonds. The Balaban J connectivity index is 0.000000177. The summed E-state index contributed by atoms with van der Waals surface area (Å²) in [7, 11) is -2.32. The molecule has 82 heavy (non-hydrogen) atoms. The van der Waals surface area contributed by atoms with Crippen LogP contribution < -0.4 is 26.2 Å². The molecule has 0 radical (unpaired) electrons. The van der Waals surface area contributed by atoms with Crippen molar-refractivity contribution in [3.05, 3.63) is 109 Å². The number of nitrogens with two attached hydrogens (primary N) is 1. The first-order valence-electron chi connectivity index (χ1n) is 27.9. The Morgan fingerprint density at radius 2 is 1.05 bits per heavy atom. The van der Waals surface area contributed by atoms with E-state index in [4.69, 9.17) is 34.0 Å². The molecular formula is C58H70F2N14O6Si2. The third-order valence-corrected chi connectivity index (χ3v) is 18.8. The molecule has 0 aliphatic carbocycles. The molecule has 24 heteroatoms. The highest BCUT2D eigenvalue weighted by molar-refractivity contribution is 6.76. The summed E-state index contributed by atoms with van der Waals surface area (Å²) in [6.07, 6.45) is 7.79. The number of nitrogens with zero attached hydrogens (tertiary/aromatic N) is 11.